The first-order valence-electron chi connectivity index (χ1n) is 7.30. The highest BCUT2D eigenvalue weighted by atomic mass is 16.5. The Balaban J connectivity index is 1.84. The number of aryl methyl sites for hydroxylation is 1. The van der Waals surface area contributed by atoms with E-state index in [0.29, 0.717) is 17.8 Å². The van der Waals surface area contributed by atoms with E-state index < -0.39 is 0 Å². The number of hydrogen-bond donors (Lipinski definition) is 1. The van der Waals surface area contributed by atoms with Gasteiger partial charge in [-0.15, -0.1) is 0 Å². The molecule has 5 nitrogen and oxygen atoms in total. The number of amides is 1. The lowest BCUT2D eigenvalue weighted by atomic mass is 10.1. The van der Waals surface area contributed by atoms with Gasteiger partial charge in [0.2, 0.25) is 0 Å². The van der Waals surface area contributed by atoms with E-state index in [0.717, 1.165) is 22.2 Å². The third-order valence-corrected chi connectivity index (χ3v) is 3.66. The van der Waals surface area contributed by atoms with Crippen LogP contribution < -0.4 is 10.1 Å². The van der Waals surface area contributed by atoms with Crippen LogP contribution in [0.15, 0.2) is 48.8 Å². The average Bonchev–Trinajstić information content (AvgIpc) is 2.59. The van der Waals surface area contributed by atoms with Crippen molar-refractivity contribution in [1.29, 1.82) is 0 Å². The summed E-state index contributed by atoms with van der Waals surface area (Å²) >= 11 is 0. The molecule has 2 aromatic heterocycles. The Labute approximate surface area is 134 Å². The lowest BCUT2D eigenvalue weighted by Crippen LogP contribution is -2.24. The number of aromatic nitrogens is 2. The van der Waals surface area contributed by atoms with E-state index in [4.69, 9.17) is 4.74 Å². The number of hydrogen-bond acceptors (Lipinski definition) is 4. The van der Waals surface area contributed by atoms with E-state index in [-0.39, 0.29) is 5.91 Å². The quantitative estimate of drug-likeness (QED) is 0.805. The fourth-order valence-corrected chi connectivity index (χ4v) is 2.38. The zero-order valence-corrected chi connectivity index (χ0v) is 13.0. The molecule has 1 aromatic carbocycles. The molecule has 0 fully saturated rings. The highest BCUT2D eigenvalue weighted by molar-refractivity contribution is 5.98. The Kier molecular flexibility index (Phi) is 4.19. The summed E-state index contributed by atoms with van der Waals surface area (Å²) in [6, 6.07) is 11.2. The molecule has 0 saturated carbocycles. The molecule has 5 heteroatoms. The highest BCUT2D eigenvalue weighted by Crippen LogP contribution is 2.21. The number of methoxy groups -OCH3 is 1. The summed E-state index contributed by atoms with van der Waals surface area (Å²) in [5.74, 6) is 0.615. The van der Waals surface area contributed by atoms with E-state index in [2.05, 4.69) is 15.3 Å². The summed E-state index contributed by atoms with van der Waals surface area (Å²) in [5.41, 5.74) is 3.09. The molecule has 3 aromatic rings. The third kappa shape index (κ3) is 3.29. The van der Waals surface area contributed by atoms with E-state index in [1.807, 2.05) is 43.3 Å². The Morgan fingerprint density at radius 1 is 1.17 bits per heavy atom. The van der Waals surface area contributed by atoms with Crippen molar-refractivity contribution >= 4 is 16.8 Å². The lowest BCUT2D eigenvalue weighted by Gasteiger charge is -2.09. The van der Waals surface area contributed by atoms with Crippen LogP contribution in [0.4, 0.5) is 0 Å². The van der Waals surface area contributed by atoms with Crippen molar-refractivity contribution in [3.05, 3.63) is 65.6 Å². The van der Waals surface area contributed by atoms with Crippen molar-refractivity contribution < 1.29 is 9.53 Å². The topological polar surface area (TPSA) is 64.1 Å². The lowest BCUT2D eigenvalue weighted by molar-refractivity contribution is 0.0950. The molecule has 2 heterocycles. The van der Waals surface area contributed by atoms with Crippen molar-refractivity contribution in [2.75, 3.05) is 7.11 Å². The van der Waals surface area contributed by atoms with Gasteiger partial charge in [0.1, 0.15) is 5.75 Å². The fraction of sp³-hybridized carbons (Fsp3) is 0.167. The largest absolute Gasteiger partial charge is 0.497 e. The second kappa shape index (κ2) is 6.44. The smallest absolute Gasteiger partial charge is 0.253 e. The Hall–Kier alpha value is -2.95. The highest BCUT2D eigenvalue weighted by Gasteiger charge is 2.12. The summed E-state index contributed by atoms with van der Waals surface area (Å²) in [6.45, 7) is 2.29. The molecule has 0 aliphatic rings. The van der Waals surface area contributed by atoms with Gasteiger partial charge in [0.15, 0.2) is 0 Å². The van der Waals surface area contributed by atoms with Crippen LogP contribution in [-0.4, -0.2) is 23.0 Å². The molecule has 0 saturated heterocycles. The van der Waals surface area contributed by atoms with Crippen LogP contribution >= 0.6 is 0 Å². The molecule has 3 rings (SSSR count). The number of rotatable bonds is 4. The second-order valence-electron chi connectivity index (χ2n) is 5.22. The maximum absolute atomic E-state index is 12.4. The Bertz CT molecular complexity index is 848. The molecule has 116 valence electrons. The summed E-state index contributed by atoms with van der Waals surface area (Å²) in [5, 5.41) is 3.82. The van der Waals surface area contributed by atoms with Gasteiger partial charge in [0, 0.05) is 30.4 Å². The van der Waals surface area contributed by atoms with Gasteiger partial charge in [0.25, 0.3) is 5.91 Å². The van der Waals surface area contributed by atoms with Gasteiger partial charge in [0.05, 0.1) is 23.9 Å². The van der Waals surface area contributed by atoms with Crippen LogP contribution in [0.5, 0.6) is 5.75 Å². The van der Waals surface area contributed by atoms with E-state index in [9.17, 15) is 4.79 Å². The predicted octanol–water partition coefficient (Wildman–Crippen LogP) is 2.88. The van der Waals surface area contributed by atoms with E-state index in [1.165, 1.54) is 0 Å². The first kappa shape index (κ1) is 15.0. The van der Waals surface area contributed by atoms with Crippen molar-refractivity contribution in [2.24, 2.45) is 0 Å². The standard InChI is InChI=1S/C18H17N3O2/c1-12-16(18(22)20-11-13-5-7-19-8-6-13)9-14-3-4-15(23-2)10-17(14)21-12/h3-10H,11H2,1-2H3,(H,20,22). The first-order chi connectivity index (χ1) is 11.2. The molecule has 0 bridgehead atoms. The summed E-state index contributed by atoms with van der Waals surface area (Å²) in [6.07, 6.45) is 3.41. The number of pyridine rings is 2. The van der Waals surface area contributed by atoms with Gasteiger partial charge in [-0.1, -0.05) is 0 Å². The minimum Gasteiger partial charge on any atom is -0.497 e. The van der Waals surface area contributed by atoms with Crippen molar-refractivity contribution in [2.45, 2.75) is 13.5 Å². The third-order valence-electron chi connectivity index (χ3n) is 3.66. The molecule has 0 spiro atoms. The van der Waals surface area contributed by atoms with Crippen LogP contribution in [0, 0.1) is 6.92 Å². The van der Waals surface area contributed by atoms with Gasteiger partial charge in [-0.25, -0.2) is 0 Å². The molecule has 0 aliphatic carbocycles. The van der Waals surface area contributed by atoms with Crippen LogP contribution in [0.2, 0.25) is 0 Å². The average molecular weight is 307 g/mol. The van der Waals surface area contributed by atoms with Crippen LogP contribution in [0.25, 0.3) is 10.9 Å². The first-order valence-corrected chi connectivity index (χ1v) is 7.30. The Morgan fingerprint density at radius 3 is 2.70 bits per heavy atom. The summed E-state index contributed by atoms with van der Waals surface area (Å²) in [4.78, 5) is 20.9. The van der Waals surface area contributed by atoms with Gasteiger partial charge < -0.3 is 10.1 Å². The maximum atomic E-state index is 12.4. The normalized spacial score (nSPS) is 10.5. The minimum absolute atomic E-state index is 0.135. The summed E-state index contributed by atoms with van der Waals surface area (Å²) in [7, 11) is 1.62. The van der Waals surface area contributed by atoms with Crippen LogP contribution in [0.3, 0.4) is 0 Å². The number of nitrogens with zero attached hydrogens (tertiary/aromatic N) is 2. The number of ether oxygens (including phenoxy) is 1. The molecule has 1 amide bonds. The molecule has 0 unspecified atom stereocenters. The van der Waals surface area contributed by atoms with Crippen LogP contribution in [-0.2, 0) is 6.54 Å². The molecule has 0 radical (unpaired) electrons. The fourth-order valence-electron chi connectivity index (χ4n) is 2.38. The summed E-state index contributed by atoms with van der Waals surface area (Å²) < 4.78 is 5.20. The SMILES string of the molecule is COc1ccc2cc(C(=O)NCc3ccncc3)c(C)nc2c1. The van der Waals surface area contributed by atoms with E-state index >= 15 is 0 Å². The van der Waals surface area contributed by atoms with Crippen molar-refractivity contribution in [3.63, 3.8) is 0 Å². The number of carbonyl (C=O) groups is 1. The van der Waals surface area contributed by atoms with Gasteiger partial charge in [-0.05, 0) is 42.8 Å². The van der Waals surface area contributed by atoms with Gasteiger partial charge in [-0.3, -0.25) is 14.8 Å². The van der Waals surface area contributed by atoms with Crippen LogP contribution in [0.1, 0.15) is 21.6 Å². The monoisotopic (exact) mass is 307 g/mol. The van der Waals surface area contributed by atoms with Crippen molar-refractivity contribution in [1.82, 2.24) is 15.3 Å². The molecule has 0 aliphatic heterocycles. The molecular weight excluding hydrogens is 290 g/mol. The molecule has 1 N–H and O–H groups in total. The number of benzene rings is 1. The van der Waals surface area contributed by atoms with E-state index in [1.54, 1.807) is 19.5 Å². The minimum atomic E-state index is -0.135. The second-order valence-corrected chi connectivity index (χ2v) is 5.22. The molecule has 0 atom stereocenters. The van der Waals surface area contributed by atoms with Gasteiger partial charge >= 0.3 is 0 Å². The zero-order chi connectivity index (χ0) is 16.2. The van der Waals surface area contributed by atoms with Gasteiger partial charge in [-0.2, -0.15) is 0 Å². The zero-order valence-electron chi connectivity index (χ0n) is 13.0. The molecule has 23 heavy (non-hydrogen) atoms. The van der Waals surface area contributed by atoms with Crippen molar-refractivity contribution in [3.8, 4) is 5.75 Å². The number of fused-ring (bicyclic) bond motifs is 1. The maximum Gasteiger partial charge on any atom is 0.253 e. The molecular formula is C18H17N3O2. The number of carbonyl (C=O) groups excluding carboxylic acids is 1. The Morgan fingerprint density at radius 2 is 1.96 bits per heavy atom. The number of nitrogens with one attached hydrogen (secondary N) is 1. The predicted molar refractivity (Wildman–Crippen MR) is 88.4 cm³/mol.